The largest absolute Gasteiger partial charge is 0.481 e. The van der Waals surface area contributed by atoms with Crippen LogP contribution >= 0.6 is 0 Å². The predicted octanol–water partition coefficient (Wildman–Crippen LogP) is 2.00. The topological polar surface area (TPSA) is 54.4 Å². The van der Waals surface area contributed by atoms with Crippen molar-refractivity contribution in [2.75, 3.05) is 0 Å². The summed E-state index contributed by atoms with van der Waals surface area (Å²) in [6.45, 7) is 0. The van der Waals surface area contributed by atoms with Crippen LogP contribution in [-0.2, 0) is 9.59 Å². The highest BCUT2D eigenvalue weighted by Gasteiger charge is 2.47. The van der Waals surface area contributed by atoms with Gasteiger partial charge in [-0.2, -0.15) is 0 Å². The van der Waals surface area contributed by atoms with E-state index in [4.69, 9.17) is 5.11 Å². The lowest BCUT2D eigenvalue weighted by molar-refractivity contribution is -0.142. The molecule has 0 saturated heterocycles. The van der Waals surface area contributed by atoms with Crippen molar-refractivity contribution >= 4 is 11.8 Å². The van der Waals surface area contributed by atoms with E-state index in [1.807, 2.05) is 0 Å². The van der Waals surface area contributed by atoms with E-state index in [9.17, 15) is 9.59 Å². The molecular formula is C11H16O3. The molecule has 78 valence electrons. The molecule has 0 radical (unpaired) electrons. The van der Waals surface area contributed by atoms with Gasteiger partial charge in [-0.25, -0.2) is 0 Å². The summed E-state index contributed by atoms with van der Waals surface area (Å²) in [6.07, 6.45) is 5.48. The molecule has 0 aromatic carbocycles. The fourth-order valence-electron chi connectivity index (χ4n) is 3.25. The number of aliphatic carboxylic acids is 1. The van der Waals surface area contributed by atoms with Gasteiger partial charge < -0.3 is 5.11 Å². The number of carboxylic acids is 1. The maximum atomic E-state index is 11.3. The van der Waals surface area contributed by atoms with Gasteiger partial charge in [-0.3, -0.25) is 9.59 Å². The number of ketones is 1. The van der Waals surface area contributed by atoms with Crippen molar-refractivity contribution in [3.05, 3.63) is 0 Å². The van der Waals surface area contributed by atoms with E-state index >= 15 is 0 Å². The van der Waals surface area contributed by atoms with Gasteiger partial charge in [-0.1, -0.05) is 6.42 Å². The average molecular weight is 196 g/mol. The number of Topliss-reactive ketones (excluding diaryl/α,β-unsaturated/α-hetero) is 1. The number of hydrogen-bond acceptors (Lipinski definition) is 2. The van der Waals surface area contributed by atoms with E-state index in [1.54, 1.807) is 0 Å². The lowest BCUT2D eigenvalue weighted by Crippen LogP contribution is -2.34. The summed E-state index contributed by atoms with van der Waals surface area (Å²) in [5.74, 6) is -0.0102. The molecule has 2 aliphatic rings. The molecule has 2 fully saturated rings. The van der Waals surface area contributed by atoms with Crippen molar-refractivity contribution in [2.45, 2.75) is 44.9 Å². The van der Waals surface area contributed by atoms with Crippen LogP contribution in [0, 0.1) is 11.3 Å². The van der Waals surface area contributed by atoms with Gasteiger partial charge >= 0.3 is 5.97 Å². The minimum atomic E-state index is -0.703. The van der Waals surface area contributed by atoms with E-state index in [2.05, 4.69) is 0 Å². The molecule has 3 nitrogen and oxygen atoms in total. The molecule has 0 aromatic heterocycles. The molecule has 3 heteroatoms. The first kappa shape index (κ1) is 9.69. The molecule has 2 rings (SSSR count). The molecule has 1 N–H and O–H groups in total. The van der Waals surface area contributed by atoms with Crippen LogP contribution < -0.4 is 0 Å². The highest BCUT2D eigenvalue weighted by Crippen LogP contribution is 2.53. The van der Waals surface area contributed by atoms with Gasteiger partial charge in [0.2, 0.25) is 0 Å². The van der Waals surface area contributed by atoms with Crippen LogP contribution in [-0.4, -0.2) is 16.9 Å². The number of carbonyl (C=O) groups is 2. The Morgan fingerprint density at radius 2 is 2.29 bits per heavy atom. The maximum Gasteiger partial charge on any atom is 0.303 e. The lowest BCUT2D eigenvalue weighted by Gasteiger charge is -2.37. The summed E-state index contributed by atoms with van der Waals surface area (Å²) in [5.41, 5.74) is -0.0280. The van der Waals surface area contributed by atoms with Crippen LogP contribution in [0.5, 0.6) is 0 Å². The molecule has 2 aliphatic carbocycles. The van der Waals surface area contributed by atoms with Gasteiger partial charge in [-0.15, -0.1) is 0 Å². The molecule has 0 heterocycles. The minimum absolute atomic E-state index is 0.0280. The number of hydrogen-bond donors (Lipinski definition) is 1. The third-order valence-electron chi connectivity index (χ3n) is 3.97. The van der Waals surface area contributed by atoms with E-state index in [0.717, 1.165) is 25.7 Å². The predicted molar refractivity (Wildman–Crippen MR) is 50.9 cm³/mol. The number of rotatable bonds is 2. The summed E-state index contributed by atoms with van der Waals surface area (Å²) in [7, 11) is 0. The smallest absolute Gasteiger partial charge is 0.303 e. The lowest BCUT2D eigenvalue weighted by atomic mass is 9.66. The average Bonchev–Trinajstić information content (AvgIpc) is 2.46. The fourth-order valence-corrected chi connectivity index (χ4v) is 3.25. The van der Waals surface area contributed by atoms with Crippen LogP contribution in [0.15, 0.2) is 0 Å². The zero-order valence-corrected chi connectivity index (χ0v) is 8.29. The Kier molecular flexibility index (Phi) is 2.33. The zero-order chi connectivity index (χ0) is 10.2. The monoisotopic (exact) mass is 196 g/mol. The second kappa shape index (κ2) is 3.37. The first-order chi connectivity index (χ1) is 6.62. The Morgan fingerprint density at radius 1 is 1.50 bits per heavy atom. The molecule has 0 bridgehead atoms. The van der Waals surface area contributed by atoms with Crippen molar-refractivity contribution < 1.29 is 14.7 Å². The number of carbonyl (C=O) groups excluding carboxylic acids is 1. The maximum absolute atomic E-state index is 11.3. The van der Waals surface area contributed by atoms with Crippen LogP contribution in [0.3, 0.4) is 0 Å². The Balaban J connectivity index is 2.14. The summed E-state index contributed by atoms with van der Waals surface area (Å²) < 4.78 is 0. The van der Waals surface area contributed by atoms with E-state index in [1.165, 1.54) is 0 Å². The van der Waals surface area contributed by atoms with Crippen molar-refractivity contribution in [1.82, 2.24) is 0 Å². The first-order valence-electron chi connectivity index (χ1n) is 5.36. The second-order valence-electron chi connectivity index (χ2n) is 4.76. The molecule has 0 aliphatic heterocycles. The summed E-state index contributed by atoms with van der Waals surface area (Å²) in [4.78, 5) is 22.1. The van der Waals surface area contributed by atoms with Crippen LogP contribution in [0.4, 0.5) is 0 Å². The molecule has 0 spiro atoms. The highest BCUT2D eigenvalue weighted by atomic mass is 16.4. The Bertz CT molecular complexity index is 272. The molecule has 0 aromatic rings. The van der Waals surface area contributed by atoms with Crippen molar-refractivity contribution in [3.63, 3.8) is 0 Å². The third-order valence-corrected chi connectivity index (χ3v) is 3.97. The first-order valence-corrected chi connectivity index (χ1v) is 5.36. The highest BCUT2D eigenvalue weighted by molar-refractivity contribution is 5.80. The van der Waals surface area contributed by atoms with E-state index in [0.29, 0.717) is 24.5 Å². The summed E-state index contributed by atoms with van der Waals surface area (Å²) >= 11 is 0. The van der Waals surface area contributed by atoms with E-state index in [-0.39, 0.29) is 11.8 Å². The van der Waals surface area contributed by atoms with Crippen molar-refractivity contribution in [2.24, 2.45) is 11.3 Å². The molecule has 14 heavy (non-hydrogen) atoms. The molecule has 2 atom stereocenters. The zero-order valence-electron chi connectivity index (χ0n) is 8.29. The molecule has 2 unspecified atom stereocenters. The van der Waals surface area contributed by atoms with Gasteiger partial charge in [0, 0.05) is 12.8 Å². The Morgan fingerprint density at radius 3 is 3.00 bits per heavy atom. The van der Waals surface area contributed by atoms with E-state index < -0.39 is 5.97 Å². The van der Waals surface area contributed by atoms with Gasteiger partial charge in [0.15, 0.2) is 0 Å². The molecular weight excluding hydrogens is 180 g/mol. The molecule has 2 saturated carbocycles. The van der Waals surface area contributed by atoms with Gasteiger partial charge in [0.05, 0.1) is 6.42 Å². The van der Waals surface area contributed by atoms with Gasteiger partial charge in [0.25, 0.3) is 0 Å². The normalized spacial score (nSPS) is 36.9. The Labute approximate surface area is 83.5 Å². The molecule has 0 amide bonds. The third kappa shape index (κ3) is 1.56. The van der Waals surface area contributed by atoms with Gasteiger partial charge in [0.1, 0.15) is 5.78 Å². The van der Waals surface area contributed by atoms with Crippen LogP contribution in [0.2, 0.25) is 0 Å². The number of fused-ring (bicyclic) bond motifs is 1. The van der Waals surface area contributed by atoms with Crippen molar-refractivity contribution in [3.8, 4) is 0 Å². The number of carboxylic acid groups (broad SMARTS) is 1. The van der Waals surface area contributed by atoms with Crippen molar-refractivity contribution in [1.29, 1.82) is 0 Å². The quantitative estimate of drug-likeness (QED) is 0.734. The minimum Gasteiger partial charge on any atom is -0.481 e. The van der Waals surface area contributed by atoms with Crippen LogP contribution in [0.25, 0.3) is 0 Å². The summed E-state index contributed by atoms with van der Waals surface area (Å²) in [5, 5.41) is 8.89. The van der Waals surface area contributed by atoms with Crippen LogP contribution in [0.1, 0.15) is 44.9 Å². The standard InChI is InChI=1S/C11H16O3/c12-9-3-5-11(7-10(13)14)4-1-2-8(11)6-9/h8H,1-7H2,(H,13,14). The fraction of sp³-hybridized carbons (Fsp3) is 0.818. The second-order valence-corrected chi connectivity index (χ2v) is 4.76. The summed E-state index contributed by atoms with van der Waals surface area (Å²) in [6, 6.07) is 0. The van der Waals surface area contributed by atoms with Gasteiger partial charge in [-0.05, 0) is 30.6 Å². The SMILES string of the molecule is O=C(O)CC12CCCC1CC(=O)CC2. The Hall–Kier alpha value is -0.860.